The number of aromatic nitrogens is 2. The van der Waals surface area contributed by atoms with Gasteiger partial charge in [-0.05, 0) is 62.6 Å². The number of rotatable bonds is 0. The van der Waals surface area contributed by atoms with Crippen LogP contribution in [-0.2, 0) is 19.3 Å². The minimum Gasteiger partial charge on any atom is -0.378 e. The van der Waals surface area contributed by atoms with Gasteiger partial charge in [-0.3, -0.25) is 4.79 Å². The van der Waals surface area contributed by atoms with Gasteiger partial charge in [-0.25, -0.2) is 4.98 Å². The average molecular weight is 347 g/mol. The number of carbonyl (C=O) groups excluding carboxylic acids is 1. The zero-order valence-corrected chi connectivity index (χ0v) is 15.0. The quantitative estimate of drug-likeness (QED) is 0.639. The van der Waals surface area contributed by atoms with E-state index < -0.39 is 5.60 Å². The van der Waals surface area contributed by atoms with Crippen LogP contribution in [0.5, 0.6) is 0 Å². The van der Waals surface area contributed by atoms with E-state index in [0.717, 1.165) is 60.2 Å². The van der Waals surface area contributed by atoms with Gasteiger partial charge in [0.2, 0.25) is 0 Å². The Morgan fingerprint density at radius 3 is 2.85 bits per heavy atom. The summed E-state index contributed by atoms with van der Waals surface area (Å²) in [7, 11) is 0. The highest BCUT2D eigenvalue weighted by atomic mass is 16.3. The smallest absolute Gasteiger partial charge is 0.253 e. The van der Waals surface area contributed by atoms with Crippen LogP contribution in [-0.4, -0.2) is 32.1 Å². The van der Waals surface area contributed by atoms with E-state index in [1.165, 1.54) is 5.56 Å². The first-order valence-electron chi connectivity index (χ1n) is 9.15. The molecular weight excluding hydrogens is 326 g/mol. The van der Waals surface area contributed by atoms with Crippen molar-refractivity contribution < 1.29 is 9.90 Å². The summed E-state index contributed by atoms with van der Waals surface area (Å²) in [6, 6.07) is 1.97. The molecule has 0 atom stereocenters. The van der Waals surface area contributed by atoms with Gasteiger partial charge in [0.05, 0.1) is 11.3 Å². The molecule has 132 valence electrons. The third-order valence-electron chi connectivity index (χ3n) is 5.55. The van der Waals surface area contributed by atoms with Crippen molar-refractivity contribution in [3.63, 3.8) is 0 Å². The molecule has 2 aromatic heterocycles. The molecule has 5 nitrogen and oxygen atoms in total. The first-order chi connectivity index (χ1) is 12.3. The number of pyridine rings is 1. The Morgan fingerprint density at radius 2 is 2.12 bits per heavy atom. The second-order valence-corrected chi connectivity index (χ2v) is 8.28. The van der Waals surface area contributed by atoms with Crippen LogP contribution in [0.15, 0.2) is 12.3 Å². The third-order valence-corrected chi connectivity index (χ3v) is 5.55. The molecule has 5 rings (SSSR count). The van der Waals surface area contributed by atoms with E-state index in [1.54, 1.807) is 13.8 Å². The normalized spacial score (nSPS) is 19.0. The van der Waals surface area contributed by atoms with Crippen LogP contribution in [0.2, 0.25) is 0 Å². The van der Waals surface area contributed by atoms with Crippen LogP contribution in [0, 0.1) is 11.8 Å². The molecule has 1 amide bonds. The molecule has 0 saturated heterocycles. The van der Waals surface area contributed by atoms with Gasteiger partial charge >= 0.3 is 0 Å². The van der Waals surface area contributed by atoms with E-state index in [1.807, 2.05) is 12.3 Å². The van der Waals surface area contributed by atoms with Gasteiger partial charge in [0, 0.05) is 29.4 Å². The summed E-state index contributed by atoms with van der Waals surface area (Å²) < 4.78 is 0. The highest BCUT2D eigenvalue weighted by Crippen LogP contribution is 2.45. The number of hydrogen-bond acceptors (Lipinski definition) is 3. The van der Waals surface area contributed by atoms with Crippen LogP contribution in [0.4, 0.5) is 0 Å². The van der Waals surface area contributed by atoms with Crippen LogP contribution in [0.25, 0.3) is 11.3 Å². The number of aromatic amines is 1. The molecule has 1 fully saturated rings. The van der Waals surface area contributed by atoms with Crippen LogP contribution in [0.1, 0.15) is 59.6 Å². The van der Waals surface area contributed by atoms with Gasteiger partial charge in [-0.1, -0.05) is 5.92 Å². The Bertz CT molecular complexity index is 1010. The van der Waals surface area contributed by atoms with Gasteiger partial charge in [0.15, 0.2) is 0 Å². The predicted molar refractivity (Wildman–Crippen MR) is 97.7 cm³/mol. The number of nitrogens with zero attached hydrogens (tertiary/aromatic N) is 1. The standard InChI is InChI=1S/C21H21N3O2/c1-20(2,26)6-5-13-9-15-12(11-22-13)3-4-14-17-16(23-18(14)15)10-21(7-8-21)24-19(17)25/h9,11,23,26H,3-4,7-8,10H2,1-2H3,(H,24,25). The molecule has 1 aliphatic heterocycles. The van der Waals surface area contributed by atoms with E-state index in [-0.39, 0.29) is 11.4 Å². The van der Waals surface area contributed by atoms with E-state index in [4.69, 9.17) is 0 Å². The summed E-state index contributed by atoms with van der Waals surface area (Å²) in [5.41, 5.74) is 5.92. The zero-order valence-electron chi connectivity index (χ0n) is 15.0. The number of aryl methyl sites for hydroxylation is 1. The lowest BCUT2D eigenvalue weighted by Gasteiger charge is -2.24. The lowest BCUT2D eigenvalue weighted by Crippen LogP contribution is -2.43. The summed E-state index contributed by atoms with van der Waals surface area (Å²) in [6.45, 7) is 3.31. The third kappa shape index (κ3) is 2.45. The monoisotopic (exact) mass is 347 g/mol. The minimum absolute atomic E-state index is 0.00193. The summed E-state index contributed by atoms with van der Waals surface area (Å²) in [6.07, 6.45) is 6.63. The molecule has 0 radical (unpaired) electrons. The molecule has 0 unspecified atom stereocenters. The molecule has 3 aliphatic rings. The Kier molecular flexibility index (Phi) is 3.00. The lowest BCUT2D eigenvalue weighted by atomic mass is 9.87. The molecule has 0 bridgehead atoms. The average Bonchev–Trinajstić information content (AvgIpc) is 3.19. The predicted octanol–water partition coefficient (Wildman–Crippen LogP) is 2.12. The second-order valence-electron chi connectivity index (χ2n) is 8.28. The van der Waals surface area contributed by atoms with Crippen molar-refractivity contribution in [2.75, 3.05) is 0 Å². The zero-order chi connectivity index (χ0) is 18.1. The maximum atomic E-state index is 12.7. The molecule has 2 aliphatic carbocycles. The summed E-state index contributed by atoms with van der Waals surface area (Å²) >= 11 is 0. The Morgan fingerprint density at radius 1 is 1.31 bits per heavy atom. The lowest BCUT2D eigenvalue weighted by molar-refractivity contribution is 0.0917. The number of hydrogen-bond donors (Lipinski definition) is 3. The molecule has 1 spiro atoms. The molecule has 0 aromatic carbocycles. The molecule has 3 heterocycles. The van der Waals surface area contributed by atoms with Gasteiger partial charge < -0.3 is 15.4 Å². The maximum Gasteiger partial charge on any atom is 0.253 e. The number of nitrogens with one attached hydrogen (secondary N) is 2. The van der Waals surface area contributed by atoms with Crippen molar-refractivity contribution in [2.45, 2.75) is 57.1 Å². The Balaban J connectivity index is 1.61. The van der Waals surface area contributed by atoms with Crippen LogP contribution in [0.3, 0.4) is 0 Å². The Labute approximate surface area is 152 Å². The van der Waals surface area contributed by atoms with Gasteiger partial charge in [-0.15, -0.1) is 0 Å². The number of carbonyl (C=O) groups is 1. The number of amides is 1. The van der Waals surface area contributed by atoms with Crippen LogP contribution < -0.4 is 5.32 Å². The van der Waals surface area contributed by atoms with Crippen molar-refractivity contribution in [3.8, 4) is 23.1 Å². The van der Waals surface area contributed by atoms with Crippen molar-refractivity contribution in [1.29, 1.82) is 0 Å². The molecule has 26 heavy (non-hydrogen) atoms. The SMILES string of the molecule is CC(C)(O)C#Cc1cc2c(cn1)CCc1c-2[nH]c2c1C(=O)NC1(CC1)C2. The van der Waals surface area contributed by atoms with Crippen molar-refractivity contribution in [1.82, 2.24) is 15.3 Å². The first-order valence-corrected chi connectivity index (χ1v) is 9.15. The number of H-pyrrole nitrogens is 1. The summed E-state index contributed by atoms with van der Waals surface area (Å²) in [5.74, 6) is 5.84. The topological polar surface area (TPSA) is 78.0 Å². The number of fused-ring (bicyclic) bond motifs is 5. The van der Waals surface area contributed by atoms with E-state index >= 15 is 0 Å². The Hall–Kier alpha value is -2.58. The van der Waals surface area contributed by atoms with E-state index in [0.29, 0.717) is 5.69 Å². The summed E-state index contributed by atoms with van der Waals surface area (Å²) in [4.78, 5) is 20.6. The molecule has 2 aromatic rings. The fourth-order valence-corrected chi connectivity index (χ4v) is 4.08. The molecular formula is C21H21N3O2. The van der Waals surface area contributed by atoms with Gasteiger partial charge in [-0.2, -0.15) is 0 Å². The maximum absolute atomic E-state index is 12.7. The van der Waals surface area contributed by atoms with Crippen molar-refractivity contribution >= 4 is 5.91 Å². The second kappa shape index (κ2) is 4.99. The van der Waals surface area contributed by atoms with Crippen LogP contribution >= 0.6 is 0 Å². The fraction of sp³-hybridized carbons (Fsp3) is 0.429. The molecule has 3 N–H and O–H groups in total. The fourth-order valence-electron chi connectivity index (χ4n) is 4.08. The minimum atomic E-state index is -1.05. The highest BCUT2D eigenvalue weighted by molar-refractivity contribution is 6.01. The van der Waals surface area contributed by atoms with E-state index in [9.17, 15) is 9.90 Å². The van der Waals surface area contributed by atoms with Crippen molar-refractivity contribution in [3.05, 3.63) is 40.3 Å². The molecule has 1 saturated carbocycles. The van der Waals surface area contributed by atoms with Gasteiger partial charge in [0.25, 0.3) is 5.91 Å². The van der Waals surface area contributed by atoms with Crippen molar-refractivity contribution in [2.24, 2.45) is 0 Å². The van der Waals surface area contributed by atoms with Gasteiger partial charge in [0.1, 0.15) is 11.3 Å². The highest BCUT2D eigenvalue weighted by Gasteiger charge is 2.49. The summed E-state index contributed by atoms with van der Waals surface area (Å²) in [5, 5.41) is 13.0. The largest absolute Gasteiger partial charge is 0.378 e. The van der Waals surface area contributed by atoms with E-state index in [2.05, 4.69) is 27.1 Å². The first kappa shape index (κ1) is 15.7. The number of aliphatic hydroxyl groups is 1. The molecule has 5 heteroatoms.